The van der Waals surface area contributed by atoms with Crippen LogP contribution >= 0.6 is 11.8 Å². The van der Waals surface area contributed by atoms with Gasteiger partial charge in [-0.2, -0.15) is 10.1 Å². The van der Waals surface area contributed by atoms with Gasteiger partial charge >= 0.3 is 12.1 Å². The molecular weight excluding hydrogens is 530 g/mol. The van der Waals surface area contributed by atoms with E-state index >= 15 is 0 Å². The highest BCUT2D eigenvalue weighted by molar-refractivity contribution is 8.15. The van der Waals surface area contributed by atoms with E-state index in [9.17, 15) is 18.4 Å². The van der Waals surface area contributed by atoms with Gasteiger partial charge in [0.1, 0.15) is 27.2 Å². The van der Waals surface area contributed by atoms with E-state index in [1.54, 1.807) is 20.8 Å². The lowest BCUT2D eigenvalue weighted by molar-refractivity contribution is -0.113. The zero-order chi connectivity index (χ0) is 28.6. The van der Waals surface area contributed by atoms with Crippen LogP contribution in [-0.4, -0.2) is 64.8 Å². The van der Waals surface area contributed by atoms with Gasteiger partial charge in [-0.1, -0.05) is 42.1 Å². The van der Waals surface area contributed by atoms with Gasteiger partial charge in [-0.15, -0.1) is 0 Å². The first kappa shape index (κ1) is 30.3. The number of ether oxygens (including phenoxy) is 1. The summed E-state index contributed by atoms with van der Waals surface area (Å²) in [5.41, 5.74) is -0.0376. The molecule has 12 heteroatoms. The molecule has 0 aliphatic carbocycles. The number of hydrazone groups is 1. The average Bonchev–Trinajstić information content (AvgIpc) is 3.27. The molecule has 3 amide bonds. The lowest BCUT2D eigenvalue weighted by atomic mass is 10.0. The summed E-state index contributed by atoms with van der Waals surface area (Å²) in [6, 6.07) is 11.5. The molecule has 39 heavy (non-hydrogen) atoms. The Bertz CT molecular complexity index is 1180. The van der Waals surface area contributed by atoms with Gasteiger partial charge in [0.2, 0.25) is 0 Å². The largest absolute Gasteiger partial charge is 0.444 e. The van der Waals surface area contributed by atoms with Crippen molar-refractivity contribution in [3.63, 3.8) is 0 Å². The molecular formula is C27H34F2N4O5S. The van der Waals surface area contributed by atoms with E-state index in [-0.39, 0.29) is 36.8 Å². The van der Waals surface area contributed by atoms with E-state index < -0.39 is 34.2 Å². The maximum atomic E-state index is 14.8. The summed E-state index contributed by atoms with van der Waals surface area (Å²) in [6.07, 6.45) is 0.431. The smallest absolute Gasteiger partial charge is 0.407 e. The average molecular weight is 565 g/mol. The fourth-order valence-corrected chi connectivity index (χ4v) is 5.25. The zero-order valence-electron chi connectivity index (χ0n) is 22.4. The highest BCUT2D eigenvalue weighted by Gasteiger charge is 2.49. The number of hydrogen-bond acceptors (Lipinski definition) is 7. The molecule has 1 atom stereocenters. The SMILES string of the molecule is CN(OCCCO)C(=O)N1N=C(c2cc(F)ccc2F)S[C@@]1(CCCNC(=O)OC(C)(C)C)c1ccccc1. The van der Waals surface area contributed by atoms with Gasteiger partial charge in [0.05, 0.1) is 6.61 Å². The minimum atomic E-state index is -1.17. The maximum Gasteiger partial charge on any atom is 0.407 e. The normalized spacial score (nSPS) is 17.1. The van der Waals surface area contributed by atoms with E-state index in [1.807, 2.05) is 30.3 Å². The first-order valence-corrected chi connectivity index (χ1v) is 13.4. The number of hydroxylamine groups is 2. The Morgan fingerprint density at radius 1 is 1.15 bits per heavy atom. The van der Waals surface area contributed by atoms with Crippen LogP contribution in [0, 0.1) is 11.6 Å². The molecule has 0 unspecified atom stereocenters. The lowest BCUT2D eigenvalue weighted by Gasteiger charge is -2.37. The Kier molecular flexibility index (Phi) is 10.3. The fraction of sp³-hybridized carbons (Fsp3) is 0.444. The minimum Gasteiger partial charge on any atom is -0.444 e. The van der Waals surface area contributed by atoms with Gasteiger partial charge < -0.3 is 15.2 Å². The number of carbonyl (C=O) groups is 2. The van der Waals surface area contributed by atoms with E-state index in [2.05, 4.69) is 10.4 Å². The molecule has 1 aliphatic rings. The van der Waals surface area contributed by atoms with E-state index in [4.69, 9.17) is 14.7 Å². The molecule has 1 aliphatic heterocycles. The third kappa shape index (κ3) is 7.90. The van der Waals surface area contributed by atoms with Crippen molar-refractivity contribution in [1.82, 2.24) is 15.4 Å². The van der Waals surface area contributed by atoms with E-state index in [0.717, 1.165) is 35.0 Å². The Balaban J connectivity index is 1.96. The number of nitrogens with one attached hydrogen (secondary N) is 1. The molecule has 3 rings (SSSR count). The molecule has 0 fully saturated rings. The third-order valence-corrected chi connectivity index (χ3v) is 7.03. The van der Waals surface area contributed by atoms with Gasteiger partial charge in [-0.25, -0.2) is 23.4 Å². The first-order chi connectivity index (χ1) is 18.5. The Labute approximate surface area is 231 Å². The van der Waals surface area contributed by atoms with Crippen molar-refractivity contribution in [3.05, 3.63) is 71.3 Å². The number of benzene rings is 2. The van der Waals surface area contributed by atoms with Crippen LogP contribution in [0.25, 0.3) is 0 Å². The van der Waals surface area contributed by atoms with Crippen LogP contribution < -0.4 is 5.32 Å². The van der Waals surface area contributed by atoms with Gasteiger partial charge in [-0.05, 0) is 63.8 Å². The van der Waals surface area contributed by atoms with Gasteiger partial charge in [-0.3, -0.25) is 4.84 Å². The van der Waals surface area contributed by atoms with Crippen molar-refractivity contribution in [2.45, 2.75) is 50.5 Å². The number of amides is 3. The monoisotopic (exact) mass is 564 g/mol. The van der Waals surface area contributed by atoms with E-state index in [0.29, 0.717) is 18.4 Å². The predicted octanol–water partition coefficient (Wildman–Crippen LogP) is 5.20. The van der Waals surface area contributed by atoms with Crippen molar-refractivity contribution in [2.75, 3.05) is 26.8 Å². The number of urea groups is 1. The molecule has 0 saturated heterocycles. The number of thioether (sulfide) groups is 1. The van der Waals surface area contributed by atoms with Crippen molar-refractivity contribution in [1.29, 1.82) is 0 Å². The maximum absolute atomic E-state index is 14.8. The molecule has 212 valence electrons. The Morgan fingerprint density at radius 2 is 1.87 bits per heavy atom. The quantitative estimate of drug-likeness (QED) is 0.304. The predicted molar refractivity (Wildman–Crippen MR) is 145 cm³/mol. The number of nitrogens with zero attached hydrogens (tertiary/aromatic N) is 3. The van der Waals surface area contributed by atoms with Crippen molar-refractivity contribution in [2.24, 2.45) is 5.10 Å². The second-order valence-electron chi connectivity index (χ2n) is 9.82. The van der Waals surface area contributed by atoms with Crippen LogP contribution in [0.15, 0.2) is 53.6 Å². The number of hydrogen-bond donors (Lipinski definition) is 2. The molecule has 2 aromatic rings. The summed E-state index contributed by atoms with van der Waals surface area (Å²) in [6.45, 7) is 5.50. The third-order valence-electron chi connectivity index (χ3n) is 5.58. The molecule has 0 saturated carbocycles. The Hall–Kier alpha value is -3.22. The summed E-state index contributed by atoms with van der Waals surface area (Å²) >= 11 is 1.12. The van der Waals surface area contributed by atoms with Crippen LogP contribution in [0.5, 0.6) is 0 Å². The summed E-state index contributed by atoms with van der Waals surface area (Å²) in [4.78, 5) is 30.1. The minimum absolute atomic E-state index is 0.0775. The second kappa shape index (κ2) is 13.2. The molecule has 9 nitrogen and oxygen atoms in total. The first-order valence-electron chi connectivity index (χ1n) is 12.5. The van der Waals surface area contributed by atoms with Crippen molar-refractivity contribution >= 4 is 28.9 Å². The topological polar surface area (TPSA) is 104 Å². The van der Waals surface area contributed by atoms with Gasteiger partial charge in [0.25, 0.3) is 0 Å². The van der Waals surface area contributed by atoms with Crippen LogP contribution in [0.3, 0.4) is 0 Å². The highest BCUT2D eigenvalue weighted by Crippen LogP contribution is 2.51. The van der Waals surface area contributed by atoms with Crippen LogP contribution in [-0.2, 0) is 14.4 Å². The number of aliphatic hydroxyl groups excluding tert-OH is 1. The van der Waals surface area contributed by atoms with Gasteiger partial charge in [0.15, 0.2) is 0 Å². The molecule has 0 spiro atoms. The van der Waals surface area contributed by atoms with Crippen LogP contribution in [0.4, 0.5) is 18.4 Å². The summed E-state index contributed by atoms with van der Waals surface area (Å²) in [5, 5.41) is 18.6. The number of carbonyl (C=O) groups excluding carboxylic acids is 2. The fourth-order valence-electron chi connectivity index (χ4n) is 3.83. The van der Waals surface area contributed by atoms with Gasteiger partial charge in [0, 0.05) is 25.8 Å². The number of alkyl carbamates (subject to hydrolysis) is 1. The zero-order valence-corrected chi connectivity index (χ0v) is 23.3. The van der Waals surface area contributed by atoms with Crippen LogP contribution in [0.2, 0.25) is 0 Å². The Morgan fingerprint density at radius 3 is 2.54 bits per heavy atom. The lowest BCUT2D eigenvalue weighted by Crippen LogP contribution is -2.47. The van der Waals surface area contributed by atoms with E-state index in [1.165, 1.54) is 12.1 Å². The number of rotatable bonds is 10. The molecule has 0 radical (unpaired) electrons. The molecule has 1 heterocycles. The number of aliphatic hydroxyl groups is 1. The molecule has 2 aromatic carbocycles. The summed E-state index contributed by atoms with van der Waals surface area (Å²) in [7, 11) is 1.42. The number of halogens is 2. The van der Waals surface area contributed by atoms with Crippen molar-refractivity contribution < 1.29 is 33.1 Å². The molecule has 0 aromatic heterocycles. The van der Waals surface area contributed by atoms with Crippen molar-refractivity contribution in [3.8, 4) is 0 Å². The molecule has 0 bridgehead atoms. The standard InChI is InChI=1S/C27H34F2N4O5S/c1-26(2,3)38-24(35)30-15-8-14-27(19-10-6-5-7-11-19)33(25(36)32(4)37-17-9-16-34)31-23(39-27)21-18-20(28)12-13-22(21)29/h5-7,10-13,18,34H,8-9,14-17H2,1-4H3,(H,30,35)/t27-/m0/s1. The summed E-state index contributed by atoms with van der Waals surface area (Å²) < 4.78 is 34.2. The summed E-state index contributed by atoms with van der Waals surface area (Å²) in [5.74, 6) is -1.33. The second-order valence-corrected chi connectivity index (χ2v) is 11.1. The highest BCUT2D eigenvalue weighted by atomic mass is 32.2. The van der Waals surface area contributed by atoms with Crippen LogP contribution in [0.1, 0.15) is 51.2 Å². The molecule has 2 N–H and O–H groups in total.